The van der Waals surface area contributed by atoms with Crippen LogP contribution in [0.2, 0.25) is 0 Å². The highest BCUT2D eigenvalue weighted by atomic mass is 15.2. The Labute approximate surface area is 489 Å². The first-order chi connectivity index (χ1) is 40.1. The number of hydrogen-bond acceptors (Lipinski definition) is 3. The van der Waals surface area contributed by atoms with E-state index in [1.54, 1.807) is 0 Å². The molecule has 83 heavy (non-hydrogen) atoms. The number of rotatable bonds is 8. The Morgan fingerprint density at radius 3 is 1.14 bits per heavy atom. The molecule has 0 radical (unpaired) electrons. The van der Waals surface area contributed by atoms with Gasteiger partial charge in [0.05, 0.1) is 17.1 Å². The number of fused-ring (bicyclic) bond motifs is 6. The fourth-order valence-corrected chi connectivity index (χ4v) is 15.4. The van der Waals surface area contributed by atoms with Crippen molar-refractivity contribution in [1.29, 1.82) is 0 Å². The minimum absolute atomic E-state index is 0.0609. The van der Waals surface area contributed by atoms with E-state index in [0.29, 0.717) is 0 Å². The summed E-state index contributed by atoms with van der Waals surface area (Å²) < 4.78 is 0. The van der Waals surface area contributed by atoms with Crippen LogP contribution in [0.3, 0.4) is 0 Å². The van der Waals surface area contributed by atoms with Crippen LogP contribution in [0.4, 0.5) is 51.2 Å². The summed E-state index contributed by atoms with van der Waals surface area (Å²) in [7, 11) is 0. The molecule has 3 heteroatoms. The molecule has 3 heterocycles. The molecule has 0 saturated heterocycles. The Hall–Kier alpha value is -9.44. The molecule has 0 saturated carbocycles. The highest BCUT2D eigenvalue weighted by molar-refractivity contribution is 6.09. The summed E-state index contributed by atoms with van der Waals surface area (Å²) in [6.45, 7) is 24.2. The van der Waals surface area contributed by atoms with Gasteiger partial charge in [-0.25, -0.2) is 0 Å². The summed E-state index contributed by atoms with van der Waals surface area (Å²) in [6, 6.07) is 88.8. The molecule has 3 aliphatic heterocycles. The summed E-state index contributed by atoms with van der Waals surface area (Å²) in [5, 5.41) is 0. The molecule has 11 aromatic rings. The van der Waals surface area contributed by atoms with Crippen LogP contribution in [0.5, 0.6) is 0 Å². The van der Waals surface area contributed by atoms with Crippen LogP contribution in [0.25, 0.3) is 50.1 Å². The average Bonchev–Trinajstić information content (AvgIpc) is 1.69. The minimum atomic E-state index is -0.283. The van der Waals surface area contributed by atoms with E-state index < -0.39 is 0 Å². The lowest BCUT2D eigenvalue weighted by Crippen LogP contribution is -2.40. The van der Waals surface area contributed by atoms with Crippen molar-refractivity contribution in [2.45, 2.75) is 77.0 Å². The summed E-state index contributed by atoms with van der Waals surface area (Å²) in [6.07, 6.45) is 0. The van der Waals surface area contributed by atoms with Crippen LogP contribution < -0.4 is 14.7 Å². The average molecular weight is 1070 g/mol. The number of para-hydroxylation sites is 3. The highest BCUT2D eigenvalue weighted by Crippen LogP contribution is 2.66. The second-order valence-corrected chi connectivity index (χ2v) is 25.8. The largest absolute Gasteiger partial charge is 0.310 e. The first-order valence-electron chi connectivity index (χ1n) is 29.5. The van der Waals surface area contributed by atoms with Gasteiger partial charge >= 0.3 is 0 Å². The van der Waals surface area contributed by atoms with Crippen LogP contribution in [-0.4, -0.2) is 0 Å². The first-order valence-corrected chi connectivity index (χ1v) is 29.5. The molecule has 0 amide bonds. The van der Waals surface area contributed by atoms with Gasteiger partial charge in [0.2, 0.25) is 0 Å². The second-order valence-electron chi connectivity index (χ2n) is 25.8. The fraction of sp³-hybridized carbons (Fsp3) is 0.150. The molecule has 0 atom stereocenters. The first kappa shape index (κ1) is 49.4. The molecular formula is C80H65N3. The van der Waals surface area contributed by atoms with E-state index in [2.05, 4.69) is 307 Å². The van der Waals surface area contributed by atoms with Gasteiger partial charge in [-0.15, -0.1) is 0 Å². The zero-order valence-electron chi connectivity index (χ0n) is 48.6. The van der Waals surface area contributed by atoms with Gasteiger partial charge in [-0.2, -0.15) is 0 Å². The van der Waals surface area contributed by atoms with Gasteiger partial charge in [-0.3, -0.25) is 0 Å². The SMILES string of the molecule is C=C1c2cc(-c3ccc(N(c4ccccc4)c4ccc5c(c4)-c4ccccc4C5(C)C)cc3)cc3c2N2c4c1cc(-c1ccc(N(c5ccccc5)c5ccc6c(c5)C(C)(C)c5ccccc5-6)cc1)cc4C(C)(C)c1cccc(c12)C3(C)C. The molecule has 0 N–H and O–H groups in total. The Morgan fingerprint density at radius 1 is 0.253 bits per heavy atom. The van der Waals surface area contributed by atoms with E-state index in [0.717, 1.165) is 39.7 Å². The van der Waals surface area contributed by atoms with Crippen molar-refractivity contribution in [1.82, 2.24) is 0 Å². The number of anilines is 9. The Morgan fingerprint density at radius 2 is 0.627 bits per heavy atom. The zero-order chi connectivity index (χ0) is 56.5. The van der Waals surface area contributed by atoms with Crippen molar-refractivity contribution in [3.63, 3.8) is 0 Å². The van der Waals surface area contributed by atoms with E-state index in [-0.39, 0.29) is 21.7 Å². The molecule has 16 rings (SSSR count). The summed E-state index contributed by atoms with van der Waals surface area (Å²) >= 11 is 0. The van der Waals surface area contributed by atoms with Crippen molar-refractivity contribution < 1.29 is 0 Å². The predicted molar refractivity (Wildman–Crippen MR) is 349 cm³/mol. The monoisotopic (exact) mass is 1070 g/mol. The van der Waals surface area contributed by atoms with E-state index in [1.807, 2.05) is 0 Å². The van der Waals surface area contributed by atoms with Gasteiger partial charge in [0, 0.05) is 66.9 Å². The molecule has 0 spiro atoms. The lowest BCUT2D eigenvalue weighted by Gasteiger charge is -2.52. The van der Waals surface area contributed by atoms with Crippen LogP contribution in [0.15, 0.2) is 243 Å². The predicted octanol–water partition coefficient (Wildman–Crippen LogP) is 21.7. The van der Waals surface area contributed by atoms with Crippen LogP contribution in [0, 0.1) is 0 Å². The van der Waals surface area contributed by atoms with Crippen molar-refractivity contribution in [2.75, 3.05) is 14.7 Å². The Kier molecular flexibility index (Phi) is 10.3. The second kappa shape index (κ2) is 17.3. The van der Waals surface area contributed by atoms with E-state index in [1.165, 1.54) is 117 Å². The molecule has 3 nitrogen and oxygen atoms in total. The minimum Gasteiger partial charge on any atom is -0.310 e. The maximum Gasteiger partial charge on any atom is 0.0581 e. The standard InChI is InChI=1S/C80H65N3/c1-49-63-43-52(50-31-35-56(36-32-50)81(54-21-12-10-13-22-54)58-40-42-68-65(47-58)61-26-17-19-28-67(61)77(68,2)3)45-72-74(63)83-75-64(49)44-53(46-73(75)80(8,9)70-30-20-29-69(76(70)83)79(72,6)7)51-33-37-57(38-34-51)82(55-23-14-11-15-24-55)59-39-41-62-60-25-16-18-27-66(60)78(4,5)71(62)48-59/h10-48H,1H2,2-9H3. The van der Waals surface area contributed by atoms with Crippen LogP contribution >= 0.6 is 0 Å². The van der Waals surface area contributed by atoms with Gasteiger partial charge in [0.1, 0.15) is 0 Å². The van der Waals surface area contributed by atoms with Crippen molar-refractivity contribution in [3.05, 3.63) is 299 Å². The molecule has 0 unspecified atom stereocenters. The van der Waals surface area contributed by atoms with Crippen molar-refractivity contribution in [2.24, 2.45) is 0 Å². The fourth-order valence-electron chi connectivity index (χ4n) is 15.4. The molecule has 0 bridgehead atoms. The van der Waals surface area contributed by atoms with Gasteiger partial charge < -0.3 is 14.7 Å². The normalized spacial score (nSPS) is 15.9. The van der Waals surface area contributed by atoms with Gasteiger partial charge in [-0.1, -0.05) is 201 Å². The Balaban J connectivity index is 0.798. The van der Waals surface area contributed by atoms with E-state index >= 15 is 0 Å². The number of hydrogen-bond donors (Lipinski definition) is 0. The summed E-state index contributed by atoms with van der Waals surface area (Å²) in [5.41, 5.74) is 34.2. The number of benzene rings is 11. The maximum atomic E-state index is 5.08. The molecule has 400 valence electrons. The molecule has 0 aromatic heterocycles. The zero-order valence-corrected chi connectivity index (χ0v) is 48.6. The van der Waals surface area contributed by atoms with Crippen molar-refractivity contribution >= 4 is 56.8 Å². The lowest BCUT2D eigenvalue weighted by molar-refractivity contribution is 0.596. The molecule has 11 aromatic carbocycles. The third kappa shape index (κ3) is 6.92. The van der Waals surface area contributed by atoms with Crippen molar-refractivity contribution in [3.8, 4) is 44.5 Å². The highest BCUT2D eigenvalue weighted by Gasteiger charge is 2.49. The van der Waals surface area contributed by atoms with Gasteiger partial charge in [0.25, 0.3) is 0 Å². The lowest BCUT2D eigenvalue weighted by atomic mass is 9.63. The van der Waals surface area contributed by atoms with Crippen LogP contribution in [0.1, 0.15) is 111 Å². The summed E-state index contributed by atoms with van der Waals surface area (Å²) in [4.78, 5) is 7.44. The van der Waals surface area contributed by atoms with E-state index in [4.69, 9.17) is 6.58 Å². The molecular weight excluding hydrogens is 1000 g/mol. The molecule has 0 fully saturated rings. The van der Waals surface area contributed by atoms with Gasteiger partial charge in [-0.05, 0) is 192 Å². The third-order valence-electron chi connectivity index (χ3n) is 19.9. The smallest absolute Gasteiger partial charge is 0.0581 e. The quantitative estimate of drug-likeness (QED) is 0.150. The third-order valence-corrected chi connectivity index (χ3v) is 19.9. The molecule has 5 aliphatic rings. The summed E-state index contributed by atoms with van der Waals surface area (Å²) in [5.74, 6) is 0. The number of nitrogens with zero attached hydrogens (tertiary/aromatic N) is 3. The van der Waals surface area contributed by atoms with E-state index in [9.17, 15) is 0 Å². The molecule has 2 aliphatic carbocycles. The van der Waals surface area contributed by atoms with Gasteiger partial charge in [0.15, 0.2) is 0 Å². The Bertz CT molecular complexity index is 4560. The topological polar surface area (TPSA) is 9.72 Å². The van der Waals surface area contributed by atoms with Crippen LogP contribution in [-0.2, 0) is 21.7 Å². The maximum absolute atomic E-state index is 5.08.